The summed E-state index contributed by atoms with van der Waals surface area (Å²) in [6.07, 6.45) is 2.70. The van der Waals surface area contributed by atoms with Gasteiger partial charge in [0.2, 0.25) is 0 Å². The van der Waals surface area contributed by atoms with Gasteiger partial charge in [0.1, 0.15) is 5.69 Å². The van der Waals surface area contributed by atoms with Crippen molar-refractivity contribution in [3.05, 3.63) is 24.0 Å². The monoisotopic (exact) mass is 279 g/mol. The van der Waals surface area contributed by atoms with Gasteiger partial charge in [-0.1, -0.05) is 13.8 Å². The van der Waals surface area contributed by atoms with Crippen LogP contribution in [0.2, 0.25) is 0 Å². The summed E-state index contributed by atoms with van der Waals surface area (Å²) in [6, 6.07) is 3.67. The van der Waals surface area contributed by atoms with E-state index in [0.717, 1.165) is 31.0 Å². The molecule has 1 aliphatic rings. The summed E-state index contributed by atoms with van der Waals surface area (Å²) < 4.78 is 0.259. The Hall–Kier alpha value is -1.23. The van der Waals surface area contributed by atoms with Gasteiger partial charge in [0.15, 0.2) is 0 Å². The highest BCUT2D eigenvalue weighted by molar-refractivity contribution is 8.00. The summed E-state index contributed by atoms with van der Waals surface area (Å²) in [5, 5.41) is 3.04. The summed E-state index contributed by atoms with van der Waals surface area (Å²) in [5.41, 5.74) is 1.44. The second-order valence-corrected chi connectivity index (χ2v) is 7.13. The number of carbonyl (C=O) groups excluding carboxylic acids is 1. The normalized spacial score (nSPS) is 18.8. The summed E-state index contributed by atoms with van der Waals surface area (Å²) in [7, 11) is 1.84. The van der Waals surface area contributed by atoms with E-state index in [2.05, 4.69) is 24.1 Å². The molecule has 2 heterocycles. The highest BCUT2D eigenvalue weighted by Crippen LogP contribution is 2.31. The van der Waals surface area contributed by atoms with Gasteiger partial charge in [0, 0.05) is 42.5 Å². The summed E-state index contributed by atoms with van der Waals surface area (Å²) in [4.78, 5) is 18.6. The number of hydrogen-bond donors (Lipinski definition) is 1. The fourth-order valence-electron chi connectivity index (χ4n) is 2.09. The number of anilines is 1. The van der Waals surface area contributed by atoms with Crippen molar-refractivity contribution < 1.29 is 4.79 Å². The first-order valence-electron chi connectivity index (χ1n) is 6.59. The molecule has 0 radical (unpaired) electrons. The van der Waals surface area contributed by atoms with Crippen LogP contribution in [0.5, 0.6) is 0 Å². The first-order chi connectivity index (χ1) is 9.02. The van der Waals surface area contributed by atoms with Gasteiger partial charge < -0.3 is 10.2 Å². The summed E-state index contributed by atoms with van der Waals surface area (Å²) in [5.74, 6) is 1.03. The van der Waals surface area contributed by atoms with Gasteiger partial charge in [-0.25, -0.2) is 0 Å². The Kier molecular flexibility index (Phi) is 4.34. The Morgan fingerprint density at radius 1 is 1.47 bits per heavy atom. The van der Waals surface area contributed by atoms with Crippen LogP contribution in [-0.2, 0) is 0 Å². The Labute approximate surface area is 119 Å². The van der Waals surface area contributed by atoms with Crippen LogP contribution < -0.4 is 5.32 Å². The second kappa shape index (κ2) is 5.82. The molecule has 0 aliphatic carbocycles. The molecule has 1 aromatic rings. The maximum absolute atomic E-state index is 12.5. The summed E-state index contributed by atoms with van der Waals surface area (Å²) in [6.45, 7) is 6.10. The van der Waals surface area contributed by atoms with Crippen LogP contribution in [0, 0.1) is 0 Å². The van der Waals surface area contributed by atoms with E-state index in [1.54, 1.807) is 6.20 Å². The van der Waals surface area contributed by atoms with E-state index < -0.39 is 0 Å². The van der Waals surface area contributed by atoms with E-state index in [-0.39, 0.29) is 10.7 Å². The standard InChI is InChI=1S/C14H21N3OS/c1-14(2)5-7-17(8-9-19-14)13(18)12-10-11(15-3)4-6-16-12/h4,6,10H,5,7-9H2,1-3H3,(H,15,16). The molecule has 1 N–H and O–H groups in total. The maximum Gasteiger partial charge on any atom is 0.272 e. The molecular weight excluding hydrogens is 258 g/mol. The van der Waals surface area contributed by atoms with Crippen LogP contribution in [0.15, 0.2) is 18.3 Å². The van der Waals surface area contributed by atoms with E-state index in [4.69, 9.17) is 0 Å². The zero-order valence-corrected chi connectivity index (χ0v) is 12.6. The first-order valence-corrected chi connectivity index (χ1v) is 7.57. The number of nitrogens with zero attached hydrogens (tertiary/aromatic N) is 2. The molecule has 0 aromatic carbocycles. The molecule has 1 saturated heterocycles. The third-order valence-corrected chi connectivity index (χ3v) is 4.77. The van der Waals surface area contributed by atoms with E-state index >= 15 is 0 Å². The fraction of sp³-hybridized carbons (Fsp3) is 0.571. The average Bonchev–Trinajstić information content (AvgIpc) is 2.59. The van der Waals surface area contributed by atoms with Gasteiger partial charge in [0.05, 0.1) is 0 Å². The van der Waals surface area contributed by atoms with Crippen molar-refractivity contribution in [2.45, 2.75) is 25.0 Å². The molecule has 1 fully saturated rings. The van der Waals surface area contributed by atoms with Crippen molar-refractivity contribution in [3.63, 3.8) is 0 Å². The molecule has 4 nitrogen and oxygen atoms in total. The lowest BCUT2D eigenvalue weighted by atomic mass is 10.1. The van der Waals surface area contributed by atoms with Crippen LogP contribution in [0.1, 0.15) is 30.8 Å². The maximum atomic E-state index is 12.5. The van der Waals surface area contributed by atoms with Crippen molar-refractivity contribution >= 4 is 23.4 Å². The molecule has 5 heteroatoms. The number of carbonyl (C=O) groups is 1. The minimum atomic E-state index is 0.0374. The Morgan fingerprint density at radius 3 is 3.00 bits per heavy atom. The highest BCUT2D eigenvalue weighted by Gasteiger charge is 2.26. The largest absolute Gasteiger partial charge is 0.388 e. The van der Waals surface area contributed by atoms with Crippen LogP contribution >= 0.6 is 11.8 Å². The van der Waals surface area contributed by atoms with E-state index in [0.29, 0.717) is 5.69 Å². The van der Waals surface area contributed by atoms with Gasteiger partial charge in [0.25, 0.3) is 5.91 Å². The van der Waals surface area contributed by atoms with Gasteiger partial charge in [-0.3, -0.25) is 9.78 Å². The van der Waals surface area contributed by atoms with E-state index in [9.17, 15) is 4.79 Å². The van der Waals surface area contributed by atoms with Crippen molar-refractivity contribution in [1.82, 2.24) is 9.88 Å². The minimum Gasteiger partial charge on any atom is -0.388 e. The fourth-order valence-corrected chi connectivity index (χ4v) is 3.19. The number of hydrogen-bond acceptors (Lipinski definition) is 4. The van der Waals surface area contributed by atoms with E-state index in [1.807, 2.05) is 35.8 Å². The molecule has 1 aromatic heterocycles. The molecule has 19 heavy (non-hydrogen) atoms. The van der Waals surface area contributed by atoms with Gasteiger partial charge in [-0.15, -0.1) is 0 Å². The Balaban J connectivity index is 2.10. The van der Waals surface area contributed by atoms with Crippen LogP contribution in [0.3, 0.4) is 0 Å². The van der Waals surface area contributed by atoms with Crippen LogP contribution in [0.4, 0.5) is 5.69 Å². The number of amides is 1. The van der Waals surface area contributed by atoms with Gasteiger partial charge >= 0.3 is 0 Å². The highest BCUT2D eigenvalue weighted by atomic mass is 32.2. The average molecular weight is 279 g/mol. The van der Waals surface area contributed by atoms with E-state index in [1.165, 1.54) is 0 Å². The second-order valence-electron chi connectivity index (χ2n) is 5.33. The zero-order chi connectivity index (χ0) is 13.9. The number of thioether (sulfide) groups is 1. The Morgan fingerprint density at radius 2 is 2.26 bits per heavy atom. The first kappa shape index (κ1) is 14.2. The molecule has 0 saturated carbocycles. The molecule has 0 bridgehead atoms. The molecular formula is C14H21N3OS. The topological polar surface area (TPSA) is 45.2 Å². The minimum absolute atomic E-state index is 0.0374. The molecule has 104 valence electrons. The molecule has 1 amide bonds. The molecule has 0 spiro atoms. The van der Waals surface area contributed by atoms with Crippen molar-refractivity contribution in [1.29, 1.82) is 0 Å². The third-order valence-electron chi connectivity index (χ3n) is 3.39. The number of rotatable bonds is 2. The predicted molar refractivity (Wildman–Crippen MR) is 80.8 cm³/mol. The summed E-state index contributed by atoms with van der Waals surface area (Å²) >= 11 is 1.94. The molecule has 2 rings (SSSR count). The third kappa shape index (κ3) is 3.62. The lowest BCUT2D eigenvalue weighted by molar-refractivity contribution is 0.0759. The number of aromatic nitrogens is 1. The predicted octanol–water partition coefficient (Wildman–Crippen LogP) is 2.48. The van der Waals surface area contributed by atoms with Crippen molar-refractivity contribution in [2.24, 2.45) is 0 Å². The van der Waals surface area contributed by atoms with Crippen molar-refractivity contribution in [3.8, 4) is 0 Å². The number of nitrogens with one attached hydrogen (secondary N) is 1. The van der Waals surface area contributed by atoms with Crippen LogP contribution in [-0.4, -0.2) is 46.4 Å². The zero-order valence-electron chi connectivity index (χ0n) is 11.8. The van der Waals surface area contributed by atoms with Gasteiger partial charge in [-0.05, 0) is 18.6 Å². The lowest BCUT2D eigenvalue weighted by Crippen LogP contribution is -2.34. The van der Waals surface area contributed by atoms with Crippen LogP contribution in [0.25, 0.3) is 0 Å². The van der Waals surface area contributed by atoms with Gasteiger partial charge in [-0.2, -0.15) is 11.8 Å². The van der Waals surface area contributed by atoms with Crippen molar-refractivity contribution in [2.75, 3.05) is 31.2 Å². The number of pyridine rings is 1. The molecule has 0 unspecified atom stereocenters. The smallest absolute Gasteiger partial charge is 0.272 e. The molecule has 0 atom stereocenters. The SMILES string of the molecule is CNc1ccnc(C(=O)N2CCSC(C)(C)CC2)c1. The lowest BCUT2D eigenvalue weighted by Gasteiger charge is -2.22. The molecule has 1 aliphatic heterocycles. The Bertz CT molecular complexity index is 462. The quantitative estimate of drug-likeness (QED) is 0.903.